The van der Waals surface area contributed by atoms with Crippen molar-refractivity contribution in [2.45, 2.75) is 179 Å². The molecule has 1 aromatic rings. The molecule has 0 radical (unpaired) electrons. The van der Waals surface area contributed by atoms with E-state index in [9.17, 15) is 58.5 Å². The number of unbranched alkanes of at least 4 members (excludes halogenated alkanes) is 5. The third-order valence-corrected chi connectivity index (χ3v) is 14.9. The number of aliphatic hydroxyl groups is 4. The summed E-state index contributed by atoms with van der Waals surface area (Å²) >= 11 is 0. The van der Waals surface area contributed by atoms with Crippen LogP contribution in [0.25, 0.3) is 0 Å². The van der Waals surface area contributed by atoms with Crippen molar-refractivity contribution in [3.05, 3.63) is 108 Å². The van der Waals surface area contributed by atoms with Crippen LogP contribution in [0.3, 0.4) is 0 Å². The Kier molecular flexibility index (Phi) is 32.5. The number of nitrogens with zero attached hydrogens (tertiary/aromatic N) is 2. The number of ketones is 1. The van der Waals surface area contributed by atoms with Crippen molar-refractivity contribution >= 4 is 39.2 Å². The maximum atomic E-state index is 14.0. The molecule has 0 amide bonds. The molecule has 8 N–H and O–H groups in total. The van der Waals surface area contributed by atoms with E-state index in [1.807, 2.05) is 6.92 Å². The van der Waals surface area contributed by atoms with Crippen molar-refractivity contribution in [1.29, 1.82) is 0 Å². The number of allylic oxidation sites excluding steroid dienone is 12. The molecule has 2 aliphatic heterocycles. The second-order valence-corrected chi connectivity index (χ2v) is 21.8. The first-order valence-electron chi connectivity index (χ1n) is 26.7. The number of aliphatic hydroxyl groups excluding tert-OH is 4. The van der Waals surface area contributed by atoms with Gasteiger partial charge in [0.25, 0.3) is 0 Å². The van der Waals surface area contributed by atoms with E-state index in [1.165, 1.54) is 18.2 Å². The number of esters is 2. The summed E-state index contributed by atoms with van der Waals surface area (Å²) < 4.78 is 59.0. The number of nitrogens with two attached hydrogens (primary N) is 1. The van der Waals surface area contributed by atoms with Crippen molar-refractivity contribution in [3.63, 3.8) is 0 Å². The zero-order chi connectivity index (χ0) is 56.5. The van der Waals surface area contributed by atoms with Crippen LogP contribution in [-0.4, -0.2) is 114 Å². The van der Waals surface area contributed by atoms with Crippen LogP contribution in [0.1, 0.15) is 142 Å². The summed E-state index contributed by atoms with van der Waals surface area (Å²) in [4.78, 5) is 78.2. The van der Waals surface area contributed by atoms with Crippen molar-refractivity contribution in [1.82, 2.24) is 9.55 Å². The Labute approximate surface area is 452 Å². The molecule has 2 aliphatic rings. The van der Waals surface area contributed by atoms with Crippen LogP contribution < -0.4 is 11.4 Å². The van der Waals surface area contributed by atoms with Crippen LogP contribution in [0.5, 0.6) is 0 Å². The summed E-state index contributed by atoms with van der Waals surface area (Å²) in [7, 11) is -11.4. The summed E-state index contributed by atoms with van der Waals surface area (Å²) in [5, 5.41) is 45.7. The molecule has 0 saturated carbocycles. The van der Waals surface area contributed by atoms with Gasteiger partial charge in [-0.1, -0.05) is 125 Å². The number of aromatic nitrogens is 2. The molecule has 2 bridgehead atoms. The number of fused-ring (bicyclic) bond motifs is 3. The van der Waals surface area contributed by atoms with E-state index in [1.54, 1.807) is 12.2 Å². The Balaban J connectivity index is 1.75. The third kappa shape index (κ3) is 27.8. The fourth-order valence-corrected chi connectivity index (χ4v) is 10.2. The number of anilines is 1. The van der Waals surface area contributed by atoms with Crippen LogP contribution in [0.2, 0.25) is 0 Å². The predicted molar refractivity (Wildman–Crippen MR) is 289 cm³/mol. The van der Waals surface area contributed by atoms with Crippen molar-refractivity contribution in [2.75, 3.05) is 25.6 Å². The summed E-state index contributed by atoms with van der Waals surface area (Å²) in [5.41, 5.74) is 4.74. The first kappa shape index (κ1) is 66.8. The zero-order valence-electron chi connectivity index (χ0n) is 44.4. The largest absolute Gasteiger partial charge is 0.481 e. The van der Waals surface area contributed by atoms with E-state index in [2.05, 4.69) is 77.0 Å². The number of phosphoric ester groups is 2. The van der Waals surface area contributed by atoms with Crippen LogP contribution in [0.15, 0.2) is 102 Å². The molecule has 1 fully saturated rings. The molecule has 2 unspecified atom stereocenters. The van der Waals surface area contributed by atoms with Gasteiger partial charge in [-0.3, -0.25) is 28.0 Å². The molecule has 1 aromatic heterocycles. The Morgan fingerprint density at radius 3 is 2.14 bits per heavy atom. The monoisotopic (exact) mass is 1120 g/mol. The van der Waals surface area contributed by atoms with Gasteiger partial charge in [-0.15, -0.1) is 0 Å². The van der Waals surface area contributed by atoms with Gasteiger partial charge in [0.1, 0.15) is 36.6 Å². The standard InChI is InChI=1S/C54H83N3O18P2/c1-3-5-7-8-9-10-11-12-13-14-15-16-17-18-19-20-21-22-28-32-50(62)73-42-38-70-49(61)31-27-24-23-26-30-44-46(60)37-45(59)43(34-33-41(58)29-25-6-4-2)51(63)52(64)47(40-72-77(68,69)75-76(66,67)71-39-42)74-53(44)57-36-35-48(55)56-54(57)65/h5,7,9-10,12-13,15-16,18-19,23,26,33-36,41-44,46-47,51-53,58,60,63-64H,3-4,6,8,11,14,17,20-22,24-25,27-32,37-40H2,1-2H3,(H,66,67)(H,68,69)(H2,55,56,65)/b7-5-,10-9-,13-12-,16-15-,19-18-,26-23-,34-33+/t41-,42+,43-,44-,46-,47+,51-,52+,53+/m0/s1. The lowest BCUT2D eigenvalue weighted by Gasteiger charge is -2.39. The van der Waals surface area contributed by atoms with Crippen molar-refractivity contribution in [2.24, 2.45) is 11.8 Å². The Hall–Kier alpha value is -4.47. The molecule has 3 rings (SSSR count). The summed E-state index contributed by atoms with van der Waals surface area (Å²) in [6, 6.07) is 1.22. The average Bonchev–Trinajstić information content (AvgIpc) is 3.37. The Morgan fingerprint density at radius 2 is 1.49 bits per heavy atom. The maximum Gasteiger partial charge on any atom is 0.481 e. The lowest BCUT2D eigenvalue weighted by atomic mass is 9.83. The fourth-order valence-electron chi connectivity index (χ4n) is 8.09. The third-order valence-electron chi connectivity index (χ3n) is 12.3. The normalized spacial score (nSPS) is 29.1. The fraction of sp³-hybridized carbons (Fsp3) is 0.611. The van der Waals surface area contributed by atoms with E-state index in [4.69, 9.17) is 29.0 Å². The highest BCUT2D eigenvalue weighted by Gasteiger charge is 2.45. The number of phosphoric acid groups is 2. The molecule has 0 aromatic carbocycles. The molecular weight excluding hydrogens is 1040 g/mol. The second kappa shape index (κ2) is 37.4. The number of rotatable bonds is 23. The van der Waals surface area contributed by atoms with E-state index in [-0.39, 0.29) is 37.9 Å². The first-order valence-corrected chi connectivity index (χ1v) is 29.7. The summed E-state index contributed by atoms with van der Waals surface area (Å²) in [5.74, 6) is -5.30. The highest BCUT2D eigenvalue weighted by molar-refractivity contribution is 7.61. The predicted octanol–water partition coefficient (Wildman–Crippen LogP) is 8.03. The van der Waals surface area contributed by atoms with E-state index in [0.717, 1.165) is 68.6 Å². The zero-order valence-corrected chi connectivity index (χ0v) is 46.2. The number of hydrogen-bond donors (Lipinski definition) is 7. The molecule has 1 saturated heterocycles. The molecule has 3 heterocycles. The van der Waals surface area contributed by atoms with Crippen LogP contribution in [0.4, 0.5) is 5.82 Å². The molecule has 11 atom stereocenters. The number of nitrogen functional groups attached to an aromatic ring is 1. The summed E-state index contributed by atoms with van der Waals surface area (Å²) in [6.07, 6.45) is 25.4. The highest BCUT2D eigenvalue weighted by Crippen LogP contribution is 2.60. The van der Waals surface area contributed by atoms with E-state index < -0.39 is 120 Å². The summed E-state index contributed by atoms with van der Waals surface area (Å²) in [6.45, 7) is 1.28. The smallest absolute Gasteiger partial charge is 0.462 e. The number of carbonyl (C=O) groups is 3. The van der Waals surface area contributed by atoms with Crippen molar-refractivity contribution < 1.29 is 81.3 Å². The minimum Gasteiger partial charge on any atom is -0.462 e. The quantitative estimate of drug-likeness (QED) is 0.0236. The number of ether oxygens (including phenoxy) is 3. The van der Waals surface area contributed by atoms with Gasteiger partial charge < -0.3 is 50.2 Å². The van der Waals surface area contributed by atoms with Crippen LogP contribution in [0, 0.1) is 11.8 Å². The van der Waals surface area contributed by atoms with Crippen LogP contribution >= 0.6 is 15.6 Å². The van der Waals surface area contributed by atoms with Gasteiger partial charge in [0, 0.05) is 31.4 Å². The molecule has 23 heteroatoms. The van der Waals surface area contributed by atoms with Gasteiger partial charge in [0.05, 0.1) is 37.4 Å². The molecular formula is C54H83N3O18P2. The minimum absolute atomic E-state index is 0.0480. The van der Waals surface area contributed by atoms with Gasteiger partial charge in [0.2, 0.25) is 0 Å². The number of cyclic esters (lactones) is 1. The van der Waals surface area contributed by atoms with Gasteiger partial charge >= 0.3 is 33.3 Å². The average molecular weight is 1120 g/mol. The lowest BCUT2D eigenvalue weighted by Crippen LogP contribution is -2.51. The minimum atomic E-state index is -5.74. The van der Waals surface area contributed by atoms with E-state index in [0.29, 0.717) is 25.7 Å². The molecule has 0 spiro atoms. The Bertz CT molecular complexity index is 2300. The van der Waals surface area contributed by atoms with Crippen molar-refractivity contribution in [3.8, 4) is 0 Å². The number of carbonyl (C=O) groups excluding carboxylic acids is 3. The molecule has 432 valence electrons. The first-order chi connectivity index (χ1) is 36.9. The van der Waals surface area contributed by atoms with Gasteiger partial charge in [-0.05, 0) is 83.1 Å². The molecule has 21 nitrogen and oxygen atoms in total. The number of hydrogen-bond acceptors (Lipinski definition) is 18. The van der Waals surface area contributed by atoms with Gasteiger partial charge in [-0.25, -0.2) is 13.9 Å². The van der Waals surface area contributed by atoms with Gasteiger partial charge in [0.15, 0.2) is 6.10 Å². The second-order valence-electron chi connectivity index (χ2n) is 18.8. The van der Waals surface area contributed by atoms with Crippen LogP contribution in [-0.2, 0) is 51.1 Å². The molecule has 0 aliphatic carbocycles. The highest BCUT2D eigenvalue weighted by atomic mass is 31.3. The van der Waals surface area contributed by atoms with E-state index >= 15 is 0 Å². The topological polar surface area (TPSA) is 323 Å². The lowest BCUT2D eigenvalue weighted by molar-refractivity contribution is -0.186. The maximum absolute atomic E-state index is 14.0. The SMILES string of the molecule is CC/C=C\C/C=C\C/C=C\C/C=C\C/C=C\CCCCCC(=O)O[C@@H]1COC(=O)CCC/C=C\C[C@@H]2[C@H](n3ccc(N)nc3=O)O[C@H](COP(=O)(O)OP(=O)(O)OC1)[C@@H](O)[C@@H](O)[C@@H](/C=C/[C@@H](O)CCCCC)C(=O)C[C@@H]2O. The van der Waals surface area contributed by atoms with Gasteiger partial charge in [-0.2, -0.15) is 9.29 Å². The number of Topliss-reactive ketones (excluding diaryl/α,β-unsaturated/α-hetero) is 1. The molecule has 77 heavy (non-hydrogen) atoms. The Morgan fingerprint density at radius 1 is 0.844 bits per heavy atom.